The van der Waals surface area contributed by atoms with Crippen LogP contribution in [0.25, 0.3) is 10.9 Å². The standard InChI is InChI=1S/C14H19N3/c1-10(2)8-11(3)16-14-15-9-12-6-4-5-7-13(12)17-14/h4-7,9-11H,8H2,1-3H3,(H,15,16,17). The van der Waals surface area contributed by atoms with Crippen LogP contribution in [0.4, 0.5) is 5.95 Å². The van der Waals surface area contributed by atoms with Crippen LogP contribution in [0.5, 0.6) is 0 Å². The second kappa shape index (κ2) is 5.13. The maximum absolute atomic E-state index is 4.50. The number of nitrogens with zero attached hydrogens (tertiary/aromatic N) is 2. The van der Waals surface area contributed by atoms with Crippen LogP contribution >= 0.6 is 0 Å². The molecule has 0 fully saturated rings. The summed E-state index contributed by atoms with van der Waals surface area (Å²) in [4.78, 5) is 8.83. The molecule has 0 aliphatic carbocycles. The van der Waals surface area contributed by atoms with E-state index in [2.05, 4.69) is 36.1 Å². The highest BCUT2D eigenvalue weighted by molar-refractivity contribution is 5.78. The van der Waals surface area contributed by atoms with Gasteiger partial charge in [0.05, 0.1) is 5.52 Å². The minimum Gasteiger partial charge on any atom is -0.352 e. The molecular formula is C14H19N3. The topological polar surface area (TPSA) is 37.8 Å². The Balaban J connectivity index is 2.14. The fraction of sp³-hybridized carbons (Fsp3) is 0.429. The Morgan fingerprint density at radius 2 is 1.94 bits per heavy atom. The Morgan fingerprint density at radius 1 is 1.18 bits per heavy atom. The van der Waals surface area contributed by atoms with Crippen molar-refractivity contribution in [3.63, 3.8) is 0 Å². The molecule has 1 aromatic heterocycles. The number of hydrogen-bond donors (Lipinski definition) is 1. The van der Waals surface area contributed by atoms with E-state index in [1.807, 2.05) is 30.5 Å². The number of rotatable bonds is 4. The predicted molar refractivity (Wildman–Crippen MR) is 72.1 cm³/mol. The molecule has 0 aliphatic heterocycles. The van der Waals surface area contributed by atoms with Gasteiger partial charge < -0.3 is 5.32 Å². The van der Waals surface area contributed by atoms with Gasteiger partial charge >= 0.3 is 0 Å². The van der Waals surface area contributed by atoms with Crippen LogP contribution < -0.4 is 5.32 Å². The van der Waals surface area contributed by atoms with E-state index in [4.69, 9.17) is 0 Å². The van der Waals surface area contributed by atoms with E-state index in [0.717, 1.165) is 23.3 Å². The summed E-state index contributed by atoms with van der Waals surface area (Å²) in [5.74, 6) is 1.40. The molecular weight excluding hydrogens is 210 g/mol. The Morgan fingerprint density at radius 3 is 2.71 bits per heavy atom. The molecule has 2 rings (SSSR count). The zero-order valence-electron chi connectivity index (χ0n) is 10.6. The lowest BCUT2D eigenvalue weighted by atomic mass is 10.1. The molecule has 0 saturated heterocycles. The average molecular weight is 229 g/mol. The first-order valence-electron chi connectivity index (χ1n) is 6.13. The number of para-hydroxylation sites is 1. The molecule has 2 aromatic rings. The number of fused-ring (bicyclic) bond motifs is 1. The second-order valence-corrected chi connectivity index (χ2v) is 4.93. The minimum absolute atomic E-state index is 0.399. The number of aromatic nitrogens is 2. The first kappa shape index (κ1) is 11.8. The molecule has 3 nitrogen and oxygen atoms in total. The van der Waals surface area contributed by atoms with Crippen LogP contribution in [0, 0.1) is 5.92 Å². The number of anilines is 1. The zero-order chi connectivity index (χ0) is 12.3. The zero-order valence-corrected chi connectivity index (χ0v) is 10.6. The largest absolute Gasteiger partial charge is 0.352 e. The van der Waals surface area contributed by atoms with E-state index in [1.54, 1.807) is 0 Å². The highest BCUT2D eigenvalue weighted by Gasteiger charge is 2.06. The molecule has 0 bridgehead atoms. The highest BCUT2D eigenvalue weighted by atomic mass is 15.1. The molecule has 3 heteroatoms. The van der Waals surface area contributed by atoms with Gasteiger partial charge in [-0.15, -0.1) is 0 Å². The van der Waals surface area contributed by atoms with Crippen molar-refractivity contribution in [2.45, 2.75) is 33.2 Å². The molecule has 0 aliphatic rings. The SMILES string of the molecule is CC(C)CC(C)Nc1ncc2ccccc2n1. The van der Waals surface area contributed by atoms with Crippen molar-refractivity contribution in [2.24, 2.45) is 5.92 Å². The predicted octanol–water partition coefficient (Wildman–Crippen LogP) is 3.48. The Kier molecular flexibility index (Phi) is 3.57. The highest BCUT2D eigenvalue weighted by Crippen LogP contribution is 2.13. The van der Waals surface area contributed by atoms with Crippen molar-refractivity contribution in [1.29, 1.82) is 0 Å². The molecule has 0 saturated carbocycles. The molecule has 1 unspecified atom stereocenters. The normalized spacial score (nSPS) is 12.9. The summed E-state index contributed by atoms with van der Waals surface area (Å²) in [5.41, 5.74) is 0.988. The third kappa shape index (κ3) is 3.16. The lowest BCUT2D eigenvalue weighted by molar-refractivity contribution is 0.538. The Bertz CT molecular complexity index is 494. The van der Waals surface area contributed by atoms with E-state index in [-0.39, 0.29) is 0 Å². The fourth-order valence-corrected chi connectivity index (χ4v) is 2.03. The van der Waals surface area contributed by atoms with Crippen LogP contribution in [-0.2, 0) is 0 Å². The van der Waals surface area contributed by atoms with Crippen molar-refractivity contribution in [1.82, 2.24) is 9.97 Å². The summed E-state index contributed by atoms with van der Waals surface area (Å²) in [6.07, 6.45) is 2.99. The Labute approximate surface area is 102 Å². The minimum atomic E-state index is 0.399. The number of nitrogens with one attached hydrogen (secondary N) is 1. The molecule has 0 radical (unpaired) electrons. The van der Waals surface area contributed by atoms with Gasteiger partial charge in [0, 0.05) is 17.6 Å². The first-order valence-corrected chi connectivity index (χ1v) is 6.13. The van der Waals surface area contributed by atoms with E-state index >= 15 is 0 Å². The summed E-state index contributed by atoms with van der Waals surface area (Å²) in [6, 6.07) is 8.43. The van der Waals surface area contributed by atoms with Crippen molar-refractivity contribution < 1.29 is 0 Å². The van der Waals surface area contributed by atoms with Crippen LogP contribution in [0.3, 0.4) is 0 Å². The van der Waals surface area contributed by atoms with Gasteiger partial charge in [-0.3, -0.25) is 0 Å². The lowest BCUT2D eigenvalue weighted by Gasteiger charge is -2.15. The first-order chi connectivity index (χ1) is 8.15. The van der Waals surface area contributed by atoms with Gasteiger partial charge in [0.15, 0.2) is 0 Å². The Hall–Kier alpha value is -1.64. The third-order valence-electron chi connectivity index (χ3n) is 2.69. The maximum atomic E-state index is 4.50. The maximum Gasteiger partial charge on any atom is 0.223 e. The smallest absolute Gasteiger partial charge is 0.223 e. The van der Waals surface area contributed by atoms with E-state index in [9.17, 15) is 0 Å². The van der Waals surface area contributed by atoms with Crippen LogP contribution in [0.2, 0.25) is 0 Å². The molecule has 1 aromatic carbocycles. The molecule has 17 heavy (non-hydrogen) atoms. The van der Waals surface area contributed by atoms with E-state index < -0.39 is 0 Å². The summed E-state index contributed by atoms with van der Waals surface area (Å²) in [7, 11) is 0. The number of hydrogen-bond acceptors (Lipinski definition) is 3. The molecule has 0 spiro atoms. The van der Waals surface area contributed by atoms with Crippen LogP contribution in [-0.4, -0.2) is 16.0 Å². The lowest BCUT2D eigenvalue weighted by Crippen LogP contribution is -2.19. The summed E-state index contributed by atoms with van der Waals surface area (Å²) in [5, 5.41) is 4.42. The summed E-state index contributed by atoms with van der Waals surface area (Å²) >= 11 is 0. The molecule has 90 valence electrons. The van der Waals surface area contributed by atoms with Gasteiger partial charge in [-0.05, 0) is 25.3 Å². The fourth-order valence-electron chi connectivity index (χ4n) is 2.03. The molecule has 1 heterocycles. The summed E-state index contributed by atoms with van der Waals surface area (Å²) < 4.78 is 0. The summed E-state index contributed by atoms with van der Waals surface area (Å²) in [6.45, 7) is 6.61. The van der Waals surface area contributed by atoms with Crippen molar-refractivity contribution in [3.8, 4) is 0 Å². The van der Waals surface area contributed by atoms with Crippen LogP contribution in [0.15, 0.2) is 30.5 Å². The van der Waals surface area contributed by atoms with Gasteiger partial charge in [0.1, 0.15) is 0 Å². The van der Waals surface area contributed by atoms with Gasteiger partial charge in [-0.25, -0.2) is 9.97 Å². The quantitative estimate of drug-likeness (QED) is 0.872. The molecule has 0 amide bonds. The average Bonchev–Trinajstić information content (AvgIpc) is 2.27. The third-order valence-corrected chi connectivity index (χ3v) is 2.69. The second-order valence-electron chi connectivity index (χ2n) is 4.93. The van der Waals surface area contributed by atoms with E-state index in [1.165, 1.54) is 0 Å². The molecule has 1 atom stereocenters. The monoisotopic (exact) mass is 229 g/mol. The van der Waals surface area contributed by atoms with Crippen molar-refractivity contribution in [2.75, 3.05) is 5.32 Å². The van der Waals surface area contributed by atoms with Crippen molar-refractivity contribution >= 4 is 16.9 Å². The molecule has 1 N–H and O–H groups in total. The number of benzene rings is 1. The van der Waals surface area contributed by atoms with Gasteiger partial charge in [0.2, 0.25) is 5.95 Å². The van der Waals surface area contributed by atoms with E-state index in [0.29, 0.717) is 12.0 Å². The van der Waals surface area contributed by atoms with Gasteiger partial charge in [-0.1, -0.05) is 32.0 Å². The van der Waals surface area contributed by atoms with Gasteiger partial charge in [-0.2, -0.15) is 0 Å². The van der Waals surface area contributed by atoms with Crippen LogP contribution in [0.1, 0.15) is 27.2 Å². The van der Waals surface area contributed by atoms with Gasteiger partial charge in [0.25, 0.3) is 0 Å². The van der Waals surface area contributed by atoms with Crippen molar-refractivity contribution in [3.05, 3.63) is 30.5 Å².